The lowest BCUT2D eigenvalue weighted by Gasteiger charge is -2.24. The van der Waals surface area contributed by atoms with E-state index >= 15 is 0 Å². The van der Waals surface area contributed by atoms with Crippen molar-refractivity contribution >= 4 is 0 Å². The highest BCUT2D eigenvalue weighted by molar-refractivity contribution is 5.28. The van der Waals surface area contributed by atoms with Gasteiger partial charge >= 0.3 is 0 Å². The van der Waals surface area contributed by atoms with Crippen molar-refractivity contribution in [1.82, 2.24) is 10.2 Å². The molecule has 0 amide bonds. The van der Waals surface area contributed by atoms with Crippen LogP contribution < -0.4 is 10.1 Å². The van der Waals surface area contributed by atoms with Gasteiger partial charge < -0.3 is 10.1 Å². The highest BCUT2D eigenvalue weighted by Crippen LogP contribution is 2.17. The number of nitrogens with one attached hydrogen (secondary N) is 1. The highest BCUT2D eigenvalue weighted by Gasteiger charge is 2.17. The minimum absolute atomic E-state index is 0.232. The average Bonchev–Trinajstić information content (AvgIpc) is 2.90. The van der Waals surface area contributed by atoms with Crippen molar-refractivity contribution in [3.63, 3.8) is 0 Å². The van der Waals surface area contributed by atoms with E-state index in [-0.39, 0.29) is 6.10 Å². The van der Waals surface area contributed by atoms with Gasteiger partial charge in [-0.3, -0.25) is 4.90 Å². The lowest BCUT2D eigenvalue weighted by Crippen LogP contribution is -2.37. The first-order chi connectivity index (χ1) is 9.67. The standard InChI is InChI=1S/C17H28N2O/c1-4-19(13-16-8-6-10-18-16)12-15-7-5-9-17(11-15)20-14(2)3/h5,7,9,11,14,16,18H,4,6,8,10,12-13H2,1-3H3. The van der Waals surface area contributed by atoms with E-state index < -0.39 is 0 Å². The minimum Gasteiger partial charge on any atom is -0.491 e. The molecule has 1 aromatic carbocycles. The Balaban J connectivity index is 1.92. The Morgan fingerprint density at radius 3 is 2.90 bits per heavy atom. The summed E-state index contributed by atoms with van der Waals surface area (Å²) in [6.45, 7) is 10.8. The fourth-order valence-electron chi connectivity index (χ4n) is 2.78. The first kappa shape index (κ1) is 15.3. The molecule has 112 valence electrons. The van der Waals surface area contributed by atoms with Crippen LogP contribution in [0.5, 0.6) is 5.75 Å². The molecule has 0 radical (unpaired) electrons. The number of nitrogens with zero attached hydrogens (tertiary/aromatic N) is 1. The highest BCUT2D eigenvalue weighted by atomic mass is 16.5. The summed E-state index contributed by atoms with van der Waals surface area (Å²) in [5, 5.41) is 3.58. The number of hydrogen-bond acceptors (Lipinski definition) is 3. The predicted octanol–water partition coefficient (Wildman–Crippen LogP) is 3.05. The van der Waals surface area contributed by atoms with Gasteiger partial charge in [0.1, 0.15) is 5.75 Å². The van der Waals surface area contributed by atoms with Crippen molar-refractivity contribution < 1.29 is 4.74 Å². The molecule has 1 unspecified atom stereocenters. The van der Waals surface area contributed by atoms with E-state index in [4.69, 9.17) is 4.74 Å². The summed E-state index contributed by atoms with van der Waals surface area (Å²) in [5.41, 5.74) is 1.34. The van der Waals surface area contributed by atoms with Gasteiger partial charge in [0.05, 0.1) is 6.10 Å². The second-order valence-electron chi connectivity index (χ2n) is 5.94. The molecular formula is C17H28N2O. The molecule has 1 aromatic rings. The summed E-state index contributed by atoms with van der Waals surface area (Å²) < 4.78 is 5.77. The summed E-state index contributed by atoms with van der Waals surface area (Å²) in [6, 6.07) is 9.17. The molecule has 1 fully saturated rings. The zero-order valence-electron chi connectivity index (χ0n) is 13.1. The number of likely N-dealkylation sites (N-methyl/N-ethyl adjacent to an activating group) is 1. The van der Waals surface area contributed by atoms with Gasteiger partial charge in [0.2, 0.25) is 0 Å². The summed E-state index contributed by atoms with van der Waals surface area (Å²) in [6.07, 6.45) is 2.86. The van der Waals surface area contributed by atoms with E-state index in [1.54, 1.807) is 0 Å². The third-order valence-electron chi connectivity index (χ3n) is 3.76. The SMILES string of the molecule is CCN(Cc1cccc(OC(C)C)c1)CC1CCCN1. The topological polar surface area (TPSA) is 24.5 Å². The molecule has 0 saturated carbocycles. The molecule has 2 rings (SSSR count). The zero-order chi connectivity index (χ0) is 14.4. The molecule has 0 bridgehead atoms. The van der Waals surface area contributed by atoms with E-state index in [9.17, 15) is 0 Å². The smallest absolute Gasteiger partial charge is 0.120 e. The number of ether oxygens (including phenoxy) is 1. The van der Waals surface area contributed by atoms with Crippen molar-refractivity contribution in [2.24, 2.45) is 0 Å². The Kier molecular flexibility index (Phi) is 5.86. The molecule has 0 aromatic heterocycles. The molecule has 1 atom stereocenters. The Bertz CT molecular complexity index is 400. The Labute approximate surface area is 123 Å². The van der Waals surface area contributed by atoms with Crippen molar-refractivity contribution in [2.45, 2.75) is 52.3 Å². The normalized spacial score (nSPS) is 18.9. The van der Waals surface area contributed by atoms with Crippen molar-refractivity contribution in [2.75, 3.05) is 19.6 Å². The molecule has 1 aliphatic heterocycles. The molecule has 1 saturated heterocycles. The quantitative estimate of drug-likeness (QED) is 0.828. The summed E-state index contributed by atoms with van der Waals surface area (Å²) in [4.78, 5) is 2.51. The van der Waals surface area contributed by atoms with Gasteiger partial charge in [-0.1, -0.05) is 19.1 Å². The van der Waals surface area contributed by atoms with Crippen LogP contribution >= 0.6 is 0 Å². The predicted molar refractivity (Wildman–Crippen MR) is 84.2 cm³/mol. The maximum Gasteiger partial charge on any atom is 0.120 e. The lowest BCUT2D eigenvalue weighted by molar-refractivity contribution is 0.239. The van der Waals surface area contributed by atoms with Gasteiger partial charge in [-0.25, -0.2) is 0 Å². The van der Waals surface area contributed by atoms with Crippen molar-refractivity contribution in [3.8, 4) is 5.75 Å². The third kappa shape index (κ3) is 4.80. The van der Waals surface area contributed by atoms with Gasteiger partial charge in [-0.2, -0.15) is 0 Å². The van der Waals surface area contributed by atoms with Gasteiger partial charge in [0, 0.05) is 19.1 Å². The molecule has 20 heavy (non-hydrogen) atoms. The van der Waals surface area contributed by atoms with Gasteiger partial charge in [0.25, 0.3) is 0 Å². The van der Waals surface area contributed by atoms with Crippen LogP contribution in [0.15, 0.2) is 24.3 Å². The Hall–Kier alpha value is -1.06. The van der Waals surface area contributed by atoms with Gasteiger partial charge in [-0.15, -0.1) is 0 Å². The molecule has 1 heterocycles. The van der Waals surface area contributed by atoms with Crippen LogP contribution in [0.2, 0.25) is 0 Å². The van der Waals surface area contributed by atoms with Crippen LogP contribution in [0.25, 0.3) is 0 Å². The van der Waals surface area contributed by atoms with E-state index in [2.05, 4.69) is 49.2 Å². The first-order valence-electron chi connectivity index (χ1n) is 7.88. The first-order valence-corrected chi connectivity index (χ1v) is 7.88. The second-order valence-corrected chi connectivity index (χ2v) is 5.94. The molecule has 1 aliphatic rings. The van der Waals surface area contributed by atoms with Crippen LogP contribution in [0, 0.1) is 0 Å². The molecule has 1 N–H and O–H groups in total. The number of benzene rings is 1. The van der Waals surface area contributed by atoms with Gasteiger partial charge in [0.15, 0.2) is 0 Å². The summed E-state index contributed by atoms with van der Waals surface area (Å²) >= 11 is 0. The maximum absolute atomic E-state index is 5.77. The third-order valence-corrected chi connectivity index (χ3v) is 3.76. The van der Waals surface area contributed by atoms with Crippen LogP contribution in [0.4, 0.5) is 0 Å². The molecular weight excluding hydrogens is 248 g/mol. The van der Waals surface area contributed by atoms with E-state index in [0.717, 1.165) is 25.4 Å². The van der Waals surface area contributed by atoms with Crippen LogP contribution in [-0.2, 0) is 6.54 Å². The largest absolute Gasteiger partial charge is 0.491 e. The van der Waals surface area contributed by atoms with Crippen LogP contribution in [-0.4, -0.2) is 36.7 Å². The van der Waals surface area contributed by atoms with E-state index in [0.29, 0.717) is 6.04 Å². The fourth-order valence-corrected chi connectivity index (χ4v) is 2.78. The molecule has 0 spiro atoms. The van der Waals surface area contributed by atoms with Crippen molar-refractivity contribution in [1.29, 1.82) is 0 Å². The monoisotopic (exact) mass is 276 g/mol. The zero-order valence-corrected chi connectivity index (χ0v) is 13.1. The summed E-state index contributed by atoms with van der Waals surface area (Å²) in [5.74, 6) is 0.979. The van der Waals surface area contributed by atoms with Crippen molar-refractivity contribution in [3.05, 3.63) is 29.8 Å². The lowest BCUT2D eigenvalue weighted by atomic mass is 10.1. The van der Waals surface area contributed by atoms with Gasteiger partial charge in [-0.05, 0) is 57.5 Å². The Morgan fingerprint density at radius 2 is 2.25 bits per heavy atom. The molecule has 3 heteroatoms. The average molecular weight is 276 g/mol. The van der Waals surface area contributed by atoms with Crippen LogP contribution in [0.1, 0.15) is 39.2 Å². The fraction of sp³-hybridized carbons (Fsp3) is 0.647. The molecule has 0 aliphatic carbocycles. The van der Waals surface area contributed by atoms with Crippen LogP contribution in [0.3, 0.4) is 0 Å². The van der Waals surface area contributed by atoms with E-state index in [1.165, 1.54) is 24.9 Å². The Morgan fingerprint density at radius 1 is 1.40 bits per heavy atom. The summed E-state index contributed by atoms with van der Waals surface area (Å²) in [7, 11) is 0. The second kappa shape index (κ2) is 7.65. The number of rotatable bonds is 7. The van der Waals surface area contributed by atoms with E-state index in [1.807, 2.05) is 6.07 Å². The number of hydrogen-bond donors (Lipinski definition) is 1. The minimum atomic E-state index is 0.232. The maximum atomic E-state index is 5.77. The molecule has 3 nitrogen and oxygen atoms in total.